The highest BCUT2D eigenvalue weighted by Crippen LogP contribution is 2.21. The van der Waals surface area contributed by atoms with E-state index in [4.69, 9.17) is 0 Å². The van der Waals surface area contributed by atoms with Crippen molar-refractivity contribution in [3.8, 4) is 0 Å². The lowest BCUT2D eigenvalue weighted by Crippen LogP contribution is -2.34. The third-order valence-corrected chi connectivity index (χ3v) is 3.49. The maximum atomic E-state index is 12.5. The monoisotopic (exact) mass is 255 g/mol. The quantitative estimate of drug-likeness (QED) is 0.866. The fourth-order valence-electron chi connectivity index (χ4n) is 2.38. The van der Waals surface area contributed by atoms with E-state index >= 15 is 0 Å². The van der Waals surface area contributed by atoms with Crippen molar-refractivity contribution in [2.75, 3.05) is 0 Å². The van der Waals surface area contributed by atoms with Gasteiger partial charge in [0.25, 0.3) is 6.43 Å². The zero-order valence-electron chi connectivity index (χ0n) is 10.3. The average molecular weight is 255 g/mol. The van der Waals surface area contributed by atoms with E-state index in [1.165, 1.54) is 6.07 Å². The van der Waals surface area contributed by atoms with Crippen LogP contribution in [0.5, 0.6) is 0 Å². The van der Waals surface area contributed by atoms with Crippen molar-refractivity contribution in [3.63, 3.8) is 0 Å². The maximum Gasteiger partial charge on any atom is 0.263 e. The molecule has 1 aliphatic rings. The molecule has 2 nitrogen and oxygen atoms in total. The number of hydrogen-bond donors (Lipinski definition) is 2. The molecule has 0 aliphatic heterocycles. The highest BCUT2D eigenvalue weighted by atomic mass is 19.3. The fourth-order valence-corrected chi connectivity index (χ4v) is 2.38. The number of halogens is 2. The summed E-state index contributed by atoms with van der Waals surface area (Å²) in [6, 6.07) is 6.92. The lowest BCUT2D eigenvalue weighted by molar-refractivity contribution is 0.116. The van der Waals surface area contributed by atoms with Crippen molar-refractivity contribution in [2.45, 2.75) is 50.8 Å². The summed E-state index contributed by atoms with van der Waals surface area (Å²) >= 11 is 0. The molecule has 1 fully saturated rings. The Morgan fingerprint density at radius 1 is 1.22 bits per heavy atom. The molecule has 100 valence electrons. The Labute approximate surface area is 106 Å². The van der Waals surface area contributed by atoms with Crippen LogP contribution in [0.4, 0.5) is 8.78 Å². The van der Waals surface area contributed by atoms with Crippen molar-refractivity contribution < 1.29 is 13.9 Å². The van der Waals surface area contributed by atoms with Gasteiger partial charge in [-0.15, -0.1) is 0 Å². The number of nitrogens with one attached hydrogen (secondary N) is 1. The predicted octanol–water partition coefficient (Wildman–Crippen LogP) is 3.02. The Morgan fingerprint density at radius 2 is 1.94 bits per heavy atom. The van der Waals surface area contributed by atoms with Gasteiger partial charge in [-0.3, -0.25) is 0 Å². The summed E-state index contributed by atoms with van der Waals surface area (Å²) in [7, 11) is 0. The van der Waals surface area contributed by atoms with E-state index in [0.29, 0.717) is 12.6 Å². The minimum Gasteiger partial charge on any atom is -0.393 e. The van der Waals surface area contributed by atoms with Crippen LogP contribution in [0.25, 0.3) is 0 Å². The van der Waals surface area contributed by atoms with Gasteiger partial charge in [0, 0.05) is 18.2 Å². The molecule has 0 unspecified atom stereocenters. The molecule has 0 atom stereocenters. The third kappa shape index (κ3) is 3.75. The molecule has 2 rings (SSSR count). The van der Waals surface area contributed by atoms with Crippen LogP contribution >= 0.6 is 0 Å². The molecule has 1 aromatic rings. The minimum absolute atomic E-state index is 0.0772. The number of aliphatic hydroxyl groups excluding tert-OH is 1. The van der Waals surface area contributed by atoms with Crippen LogP contribution < -0.4 is 5.32 Å². The molecule has 0 radical (unpaired) electrons. The average Bonchev–Trinajstić information content (AvgIpc) is 2.38. The first kappa shape index (κ1) is 13.4. The van der Waals surface area contributed by atoms with Gasteiger partial charge in [0.1, 0.15) is 0 Å². The SMILES string of the molecule is OC1CCC(NCc2cccc(C(F)F)c2)CC1. The van der Waals surface area contributed by atoms with Gasteiger partial charge >= 0.3 is 0 Å². The third-order valence-electron chi connectivity index (χ3n) is 3.49. The van der Waals surface area contributed by atoms with Crippen LogP contribution in [0.2, 0.25) is 0 Å². The normalized spacial score (nSPS) is 24.4. The second kappa shape index (κ2) is 6.25. The van der Waals surface area contributed by atoms with Gasteiger partial charge in [0.05, 0.1) is 6.10 Å². The van der Waals surface area contributed by atoms with E-state index in [2.05, 4.69) is 5.32 Å². The van der Waals surface area contributed by atoms with E-state index < -0.39 is 6.43 Å². The first-order chi connectivity index (χ1) is 8.65. The lowest BCUT2D eigenvalue weighted by atomic mass is 9.93. The van der Waals surface area contributed by atoms with Gasteiger partial charge in [0.2, 0.25) is 0 Å². The minimum atomic E-state index is -2.41. The van der Waals surface area contributed by atoms with Gasteiger partial charge in [-0.1, -0.05) is 18.2 Å². The molecule has 0 aromatic heterocycles. The number of benzene rings is 1. The van der Waals surface area contributed by atoms with Crippen LogP contribution in [0.3, 0.4) is 0 Å². The fraction of sp³-hybridized carbons (Fsp3) is 0.571. The van der Waals surface area contributed by atoms with Gasteiger partial charge in [-0.25, -0.2) is 8.78 Å². The van der Waals surface area contributed by atoms with E-state index in [-0.39, 0.29) is 11.7 Å². The lowest BCUT2D eigenvalue weighted by Gasteiger charge is -2.26. The topological polar surface area (TPSA) is 32.3 Å². The summed E-state index contributed by atoms with van der Waals surface area (Å²) in [5, 5.41) is 12.8. The summed E-state index contributed by atoms with van der Waals surface area (Å²) in [6.07, 6.45) is 0.995. The molecule has 0 amide bonds. The number of alkyl halides is 2. The molecule has 0 spiro atoms. The highest BCUT2D eigenvalue weighted by molar-refractivity contribution is 5.24. The van der Waals surface area contributed by atoms with Crippen molar-refractivity contribution in [1.29, 1.82) is 0 Å². The van der Waals surface area contributed by atoms with Crippen LogP contribution in [-0.4, -0.2) is 17.3 Å². The maximum absolute atomic E-state index is 12.5. The Bertz CT molecular complexity index is 376. The van der Waals surface area contributed by atoms with Crippen LogP contribution in [0.1, 0.15) is 43.2 Å². The summed E-state index contributed by atoms with van der Waals surface area (Å²) in [5.41, 5.74) is 0.965. The molecule has 0 heterocycles. The van der Waals surface area contributed by atoms with Crippen molar-refractivity contribution in [3.05, 3.63) is 35.4 Å². The molecule has 4 heteroatoms. The summed E-state index contributed by atoms with van der Waals surface area (Å²) in [5.74, 6) is 0. The standard InChI is InChI=1S/C14H19F2NO/c15-14(16)11-3-1-2-10(8-11)9-17-12-4-6-13(18)7-5-12/h1-3,8,12-14,17-18H,4-7,9H2. The van der Waals surface area contributed by atoms with Crippen molar-refractivity contribution in [2.24, 2.45) is 0 Å². The first-order valence-corrected chi connectivity index (χ1v) is 6.43. The second-order valence-corrected chi connectivity index (χ2v) is 4.93. The zero-order chi connectivity index (χ0) is 13.0. The number of rotatable bonds is 4. The van der Waals surface area contributed by atoms with Gasteiger partial charge in [0.15, 0.2) is 0 Å². The second-order valence-electron chi connectivity index (χ2n) is 4.93. The predicted molar refractivity (Wildman–Crippen MR) is 66.5 cm³/mol. The van der Waals surface area contributed by atoms with Crippen molar-refractivity contribution >= 4 is 0 Å². The van der Waals surface area contributed by atoms with Crippen molar-refractivity contribution in [1.82, 2.24) is 5.32 Å². The van der Waals surface area contributed by atoms with Crippen LogP contribution in [0.15, 0.2) is 24.3 Å². The molecule has 1 aromatic carbocycles. The number of aliphatic hydroxyl groups is 1. The molecule has 1 saturated carbocycles. The molecule has 18 heavy (non-hydrogen) atoms. The molecular formula is C14H19F2NO. The van der Waals surface area contributed by atoms with Crippen LogP contribution in [-0.2, 0) is 6.54 Å². The Hall–Kier alpha value is -1.00. The van der Waals surface area contributed by atoms with E-state index in [9.17, 15) is 13.9 Å². The number of hydrogen-bond acceptors (Lipinski definition) is 2. The zero-order valence-corrected chi connectivity index (χ0v) is 10.3. The summed E-state index contributed by atoms with van der Waals surface area (Å²) in [4.78, 5) is 0. The molecule has 2 N–H and O–H groups in total. The largest absolute Gasteiger partial charge is 0.393 e. The van der Waals surface area contributed by atoms with Gasteiger partial charge in [-0.05, 0) is 37.3 Å². The molecule has 1 aliphatic carbocycles. The summed E-state index contributed by atoms with van der Waals surface area (Å²) < 4.78 is 25.1. The van der Waals surface area contributed by atoms with Crippen LogP contribution in [0, 0.1) is 0 Å². The summed E-state index contributed by atoms with van der Waals surface area (Å²) in [6.45, 7) is 0.612. The molecule has 0 bridgehead atoms. The van der Waals surface area contributed by atoms with Gasteiger partial charge in [-0.2, -0.15) is 0 Å². The Morgan fingerprint density at radius 3 is 2.61 bits per heavy atom. The Kier molecular flexibility index (Phi) is 4.66. The van der Waals surface area contributed by atoms with E-state index in [1.807, 2.05) is 6.07 Å². The first-order valence-electron chi connectivity index (χ1n) is 6.43. The smallest absolute Gasteiger partial charge is 0.263 e. The highest BCUT2D eigenvalue weighted by Gasteiger charge is 2.18. The van der Waals surface area contributed by atoms with Gasteiger partial charge < -0.3 is 10.4 Å². The molecule has 0 saturated heterocycles. The Balaban J connectivity index is 1.84. The van der Waals surface area contributed by atoms with E-state index in [0.717, 1.165) is 31.2 Å². The van der Waals surface area contributed by atoms with E-state index in [1.54, 1.807) is 12.1 Å². The molecular weight excluding hydrogens is 236 g/mol.